The smallest absolute Gasteiger partial charge is 0.267 e. The van der Waals surface area contributed by atoms with Gasteiger partial charge < -0.3 is 4.74 Å². The van der Waals surface area contributed by atoms with Gasteiger partial charge in [-0.25, -0.2) is 13.8 Å². The maximum absolute atomic E-state index is 12.6. The molecule has 1 heterocycles. The molecule has 6 heteroatoms. The zero-order valence-corrected chi connectivity index (χ0v) is 8.55. The minimum atomic E-state index is -2.77. The highest BCUT2D eigenvalue weighted by molar-refractivity contribution is 6.30. The Kier molecular flexibility index (Phi) is 3.81. The van der Waals surface area contributed by atoms with Crippen molar-refractivity contribution in [3.8, 4) is 11.8 Å². The van der Waals surface area contributed by atoms with Gasteiger partial charge in [0.2, 0.25) is 0 Å². The topological polar surface area (TPSA) is 45.9 Å². The number of aromatic nitrogens is 1. The summed E-state index contributed by atoms with van der Waals surface area (Å²) < 4.78 is 30.1. The molecule has 0 bridgehead atoms. The van der Waals surface area contributed by atoms with Crippen molar-refractivity contribution in [2.45, 2.75) is 12.8 Å². The van der Waals surface area contributed by atoms with Crippen molar-refractivity contribution in [3.63, 3.8) is 0 Å². The second kappa shape index (κ2) is 4.89. The third kappa shape index (κ3) is 2.34. The molecule has 15 heavy (non-hydrogen) atoms. The van der Waals surface area contributed by atoms with Crippen LogP contribution in [0.1, 0.15) is 17.6 Å². The Balaban J connectivity index is 3.38. The lowest BCUT2D eigenvalue weighted by Crippen LogP contribution is -2.01. The van der Waals surface area contributed by atoms with Gasteiger partial charge in [0.1, 0.15) is 10.9 Å². The summed E-state index contributed by atoms with van der Waals surface area (Å²) in [5.74, 6) is 0.149. The summed E-state index contributed by atoms with van der Waals surface area (Å²) in [5, 5.41) is 8.23. The molecule has 0 amide bonds. The largest absolute Gasteiger partial charge is 0.495 e. The van der Waals surface area contributed by atoms with Crippen LogP contribution in [0.25, 0.3) is 0 Å². The predicted octanol–water partition coefficient (Wildman–Crippen LogP) is 2.75. The molecule has 3 nitrogen and oxygen atoms in total. The van der Waals surface area contributed by atoms with E-state index in [2.05, 4.69) is 4.98 Å². The van der Waals surface area contributed by atoms with Gasteiger partial charge in [-0.1, -0.05) is 11.6 Å². The second-order valence-corrected chi connectivity index (χ2v) is 3.00. The zero-order chi connectivity index (χ0) is 11.4. The molecule has 0 N–H and O–H groups in total. The number of methoxy groups -OCH3 is 1. The minimum absolute atomic E-state index is 0.0926. The predicted molar refractivity (Wildman–Crippen MR) is 50.1 cm³/mol. The van der Waals surface area contributed by atoms with Gasteiger partial charge in [-0.15, -0.1) is 0 Å². The molecule has 0 aliphatic heterocycles. The first-order chi connectivity index (χ1) is 7.11. The van der Waals surface area contributed by atoms with E-state index in [1.165, 1.54) is 13.3 Å². The fourth-order valence-corrected chi connectivity index (χ4v) is 1.42. The summed E-state index contributed by atoms with van der Waals surface area (Å²) in [7, 11) is 1.32. The number of nitrogens with zero attached hydrogens (tertiary/aromatic N) is 2. The molecule has 0 fully saturated rings. The average Bonchev–Trinajstić information content (AvgIpc) is 2.18. The van der Waals surface area contributed by atoms with Crippen LogP contribution in [0.2, 0.25) is 5.15 Å². The first kappa shape index (κ1) is 11.7. The molecule has 0 radical (unpaired) electrons. The van der Waals surface area contributed by atoms with Gasteiger partial charge in [-0.2, -0.15) is 5.26 Å². The Bertz CT molecular complexity index is 404. The normalized spacial score (nSPS) is 10.1. The van der Waals surface area contributed by atoms with Crippen LogP contribution < -0.4 is 4.74 Å². The average molecular weight is 233 g/mol. The van der Waals surface area contributed by atoms with E-state index in [1.54, 1.807) is 6.07 Å². The lowest BCUT2D eigenvalue weighted by Gasteiger charge is -2.11. The second-order valence-electron chi connectivity index (χ2n) is 2.65. The molecule has 0 saturated carbocycles. The first-order valence-electron chi connectivity index (χ1n) is 3.98. The summed E-state index contributed by atoms with van der Waals surface area (Å²) in [4.78, 5) is 3.57. The molecule has 1 aromatic heterocycles. The molecule has 0 aliphatic carbocycles. The van der Waals surface area contributed by atoms with Crippen molar-refractivity contribution in [1.82, 2.24) is 4.98 Å². The van der Waals surface area contributed by atoms with Crippen molar-refractivity contribution in [2.24, 2.45) is 0 Å². The van der Waals surface area contributed by atoms with Gasteiger partial charge in [-0.05, 0) is 0 Å². The Labute approximate surface area is 90.3 Å². The van der Waals surface area contributed by atoms with Crippen LogP contribution in [0, 0.1) is 11.3 Å². The van der Waals surface area contributed by atoms with Crippen LogP contribution in [-0.4, -0.2) is 12.1 Å². The summed E-state index contributed by atoms with van der Waals surface area (Å²) in [6, 6.07) is 1.78. The first-order valence-corrected chi connectivity index (χ1v) is 4.36. The minimum Gasteiger partial charge on any atom is -0.495 e. The van der Waals surface area contributed by atoms with Crippen LogP contribution in [0.3, 0.4) is 0 Å². The molecule has 0 unspecified atom stereocenters. The summed E-state index contributed by atoms with van der Waals surface area (Å²) in [6.07, 6.45) is -1.74. The maximum Gasteiger partial charge on any atom is 0.267 e. The Morgan fingerprint density at radius 3 is 2.80 bits per heavy atom. The third-order valence-corrected chi connectivity index (χ3v) is 2.14. The molecule has 0 atom stereocenters. The Hall–Kier alpha value is -1.41. The third-order valence-electron chi connectivity index (χ3n) is 1.83. The number of ether oxygens (including phenoxy) is 1. The van der Waals surface area contributed by atoms with Crippen LogP contribution >= 0.6 is 11.6 Å². The highest BCUT2D eigenvalue weighted by Crippen LogP contribution is 2.34. The molecule has 80 valence electrons. The summed E-state index contributed by atoms with van der Waals surface area (Å²) in [6.45, 7) is 0. The molecule has 0 aromatic carbocycles. The molecular formula is C9H7ClF2N2O. The molecule has 1 rings (SSSR count). The van der Waals surface area contributed by atoms with Crippen molar-refractivity contribution in [3.05, 3.63) is 22.5 Å². The number of rotatable bonds is 3. The molecular weight excluding hydrogens is 226 g/mol. The van der Waals surface area contributed by atoms with Crippen molar-refractivity contribution >= 4 is 11.6 Å². The van der Waals surface area contributed by atoms with Crippen LogP contribution in [0.5, 0.6) is 5.75 Å². The molecule has 0 saturated heterocycles. The van der Waals surface area contributed by atoms with Gasteiger partial charge >= 0.3 is 0 Å². The quantitative estimate of drug-likeness (QED) is 0.753. The summed E-state index contributed by atoms with van der Waals surface area (Å²) in [5.41, 5.74) is -0.340. The van der Waals surface area contributed by atoms with E-state index in [4.69, 9.17) is 21.6 Å². The van der Waals surface area contributed by atoms with Crippen molar-refractivity contribution in [1.29, 1.82) is 5.26 Å². The monoisotopic (exact) mass is 232 g/mol. The van der Waals surface area contributed by atoms with E-state index in [-0.39, 0.29) is 22.9 Å². The van der Waals surface area contributed by atoms with Gasteiger partial charge in [0.25, 0.3) is 6.43 Å². The lowest BCUT2D eigenvalue weighted by atomic mass is 10.1. The van der Waals surface area contributed by atoms with E-state index >= 15 is 0 Å². The highest BCUT2D eigenvalue weighted by Gasteiger charge is 2.21. The van der Waals surface area contributed by atoms with Gasteiger partial charge in [0, 0.05) is 5.56 Å². The van der Waals surface area contributed by atoms with E-state index in [0.29, 0.717) is 0 Å². The van der Waals surface area contributed by atoms with Gasteiger partial charge in [0.05, 0.1) is 31.4 Å². The Morgan fingerprint density at radius 2 is 2.33 bits per heavy atom. The molecule has 1 aromatic rings. The number of halogens is 3. The van der Waals surface area contributed by atoms with Crippen LogP contribution in [0.15, 0.2) is 6.20 Å². The van der Waals surface area contributed by atoms with E-state index in [1.807, 2.05) is 0 Å². The van der Waals surface area contributed by atoms with Crippen LogP contribution in [0.4, 0.5) is 8.78 Å². The Morgan fingerprint density at radius 1 is 1.67 bits per heavy atom. The standard InChI is InChI=1S/C9H7ClF2N2O/c1-15-6-4-14-8(10)7(9(11)12)5(6)2-3-13/h4,9H,2H2,1H3. The number of hydrogen-bond acceptors (Lipinski definition) is 3. The van der Waals surface area contributed by atoms with Gasteiger partial charge in [-0.3, -0.25) is 0 Å². The van der Waals surface area contributed by atoms with Crippen LogP contribution in [-0.2, 0) is 6.42 Å². The van der Waals surface area contributed by atoms with E-state index in [0.717, 1.165) is 0 Å². The number of hydrogen-bond donors (Lipinski definition) is 0. The maximum atomic E-state index is 12.6. The van der Waals surface area contributed by atoms with E-state index in [9.17, 15) is 8.78 Å². The highest BCUT2D eigenvalue weighted by atomic mass is 35.5. The SMILES string of the molecule is COc1cnc(Cl)c(C(F)F)c1CC#N. The molecule has 0 aliphatic rings. The lowest BCUT2D eigenvalue weighted by molar-refractivity contribution is 0.149. The fourth-order valence-electron chi connectivity index (χ4n) is 1.18. The summed E-state index contributed by atoms with van der Waals surface area (Å²) >= 11 is 5.53. The molecule has 0 spiro atoms. The number of nitriles is 1. The zero-order valence-electron chi connectivity index (χ0n) is 7.80. The van der Waals surface area contributed by atoms with Crippen molar-refractivity contribution < 1.29 is 13.5 Å². The fraction of sp³-hybridized carbons (Fsp3) is 0.333. The van der Waals surface area contributed by atoms with Gasteiger partial charge in [0.15, 0.2) is 0 Å². The van der Waals surface area contributed by atoms with Crippen molar-refractivity contribution in [2.75, 3.05) is 7.11 Å². The number of alkyl halides is 2. The van der Waals surface area contributed by atoms with E-state index < -0.39 is 12.0 Å². The number of pyridine rings is 1.